The Labute approximate surface area is 169 Å². The van der Waals surface area contributed by atoms with Gasteiger partial charge in [-0.15, -0.1) is 0 Å². The molecule has 1 saturated heterocycles. The number of hydrogen-bond donors (Lipinski definition) is 0. The lowest BCUT2D eigenvalue weighted by molar-refractivity contribution is 0.374. The molecule has 1 aliphatic heterocycles. The van der Waals surface area contributed by atoms with E-state index in [1.54, 1.807) is 0 Å². The highest BCUT2D eigenvalue weighted by molar-refractivity contribution is 5.82. The van der Waals surface area contributed by atoms with E-state index in [-0.39, 0.29) is 0 Å². The van der Waals surface area contributed by atoms with Crippen molar-refractivity contribution in [3.63, 3.8) is 0 Å². The van der Waals surface area contributed by atoms with Gasteiger partial charge in [0.1, 0.15) is 0 Å². The normalized spacial score (nSPS) is 15.2. The number of hydrogen-bond acceptors (Lipinski definition) is 6. The molecule has 4 aromatic rings. The zero-order valence-corrected chi connectivity index (χ0v) is 16.7. The van der Waals surface area contributed by atoms with Crippen molar-refractivity contribution >= 4 is 16.9 Å². The van der Waals surface area contributed by atoms with E-state index in [2.05, 4.69) is 36.7 Å². The topological polar surface area (TPSA) is 72.6 Å². The second-order valence-corrected chi connectivity index (χ2v) is 7.63. The van der Waals surface area contributed by atoms with Crippen LogP contribution in [-0.4, -0.2) is 42.8 Å². The maximum atomic E-state index is 4.71. The molecule has 7 heteroatoms. The first-order valence-electron chi connectivity index (χ1n) is 9.98. The summed E-state index contributed by atoms with van der Waals surface area (Å²) in [5.74, 6) is 0.817. The molecule has 0 radical (unpaired) electrons. The minimum atomic E-state index is 0.363. The number of pyridine rings is 2. The first-order valence-corrected chi connectivity index (χ1v) is 9.98. The first kappa shape index (κ1) is 17.7. The van der Waals surface area contributed by atoms with Crippen molar-refractivity contribution < 1.29 is 0 Å². The van der Waals surface area contributed by atoms with E-state index < -0.39 is 0 Å². The number of anilines is 1. The molecular weight excluding hydrogens is 362 g/mol. The number of aromatic nitrogens is 6. The number of aryl methyl sites for hydroxylation is 2. The van der Waals surface area contributed by atoms with Crippen LogP contribution in [0.3, 0.4) is 0 Å². The fourth-order valence-corrected chi connectivity index (χ4v) is 4.00. The summed E-state index contributed by atoms with van der Waals surface area (Å²) in [5, 5.41) is 5.81. The van der Waals surface area contributed by atoms with Gasteiger partial charge in [0.05, 0.1) is 29.6 Å². The Morgan fingerprint density at radius 3 is 2.48 bits per heavy atom. The molecule has 0 atom stereocenters. The third-order valence-electron chi connectivity index (χ3n) is 5.63. The van der Waals surface area contributed by atoms with E-state index >= 15 is 0 Å². The van der Waals surface area contributed by atoms with Crippen LogP contribution < -0.4 is 4.90 Å². The van der Waals surface area contributed by atoms with Crippen LogP contribution in [0.5, 0.6) is 0 Å². The Balaban J connectivity index is 1.36. The Kier molecular flexibility index (Phi) is 4.42. The van der Waals surface area contributed by atoms with Gasteiger partial charge in [-0.2, -0.15) is 5.10 Å². The third kappa shape index (κ3) is 3.33. The molecule has 5 rings (SSSR count). The van der Waals surface area contributed by atoms with Crippen LogP contribution in [0.15, 0.2) is 49.2 Å². The molecule has 0 aliphatic carbocycles. The number of rotatable bonds is 3. The van der Waals surface area contributed by atoms with Gasteiger partial charge in [-0.25, -0.2) is 9.97 Å². The van der Waals surface area contributed by atoms with Gasteiger partial charge in [-0.1, -0.05) is 0 Å². The molecule has 0 spiro atoms. The van der Waals surface area contributed by atoms with Crippen molar-refractivity contribution in [3.8, 4) is 11.3 Å². The summed E-state index contributed by atoms with van der Waals surface area (Å²) in [7, 11) is 0. The van der Waals surface area contributed by atoms with Crippen LogP contribution in [0.1, 0.15) is 30.1 Å². The van der Waals surface area contributed by atoms with Crippen molar-refractivity contribution in [1.82, 2.24) is 29.7 Å². The molecule has 7 nitrogen and oxygen atoms in total. The van der Waals surface area contributed by atoms with Crippen molar-refractivity contribution in [3.05, 3.63) is 60.4 Å². The van der Waals surface area contributed by atoms with Gasteiger partial charge in [-0.05, 0) is 50.5 Å². The van der Waals surface area contributed by atoms with E-state index in [4.69, 9.17) is 10.1 Å². The Morgan fingerprint density at radius 2 is 1.72 bits per heavy atom. The molecule has 1 aliphatic rings. The van der Waals surface area contributed by atoms with Crippen LogP contribution in [0.4, 0.5) is 5.95 Å². The molecule has 1 fully saturated rings. The lowest BCUT2D eigenvalue weighted by atomic mass is 10.1. The van der Waals surface area contributed by atoms with Gasteiger partial charge < -0.3 is 4.90 Å². The second-order valence-electron chi connectivity index (χ2n) is 7.63. The minimum absolute atomic E-state index is 0.363. The molecule has 0 unspecified atom stereocenters. The van der Waals surface area contributed by atoms with Gasteiger partial charge >= 0.3 is 0 Å². The van der Waals surface area contributed by atoms with Gasteiger partial charge in [0, 0.05) is 48.3 Å². The lowest BCUT2D eigenvalue weighted by Gasteiger charge is -2.32. The van der Waals surface area contributed by atoms with Crippen molar-refractivity contribution in [2.24, 2.45) is 0 Å². The van der Waals surface area contributed by atoms with Gasteiger partial charge in [-0.3, -0.25) is 14.6 Å². The molecule has 0 bridgehead atoms. The zero-order chi connectivity index (χ0) is 19.8. The quantitative estimate of drug-likeness (QED) is 0.535. The standard InChI is InChI=1S/C22H23N7/c1-15-11-25-22(26-12-15)28-8-5-18(6-9-28)29-21-14-24-20(10-17(21)13-27-29)19-4-3-7-23-16(19)2/h3-4,7,10-14,18H,5-6,8-9H2,1-2H3. The predicted molar refractivity (Wildman–Crippen MR) is 113 cm³/mol. The average molecular weight is 385 g/mol. The van der Waals surface area contributed by atoms with Crippen LogP contribution in [-0.2, 0) is 0 Å². The van der Waals surface area contributed by atoms with E-state index in [1.165, 1.54) is 0 Å². The van der Waals surface area contributed by atoms with Gasteiger partial charge in [0.25, 0.3) is 0 Å². The fourth-order valence-electron chi connectivity index (χ4n) is 4.00. The van der Waals surface area contributed by atoms with Crippen LogP contribution in [0.25, 0.3) is 22.2 Å². The highest BCUT2D eigenvalue weighted by Gasteiger charge is 2.24. The average Bonchev–Trinajstić information content (AvgIpc) is 3.18. The SMILES string of the molecule is Cc1cnc(N2CCC(n3ncc4cc(-c5cccnc5C)ncc43)CC2)nc1. The predicted octanol–water partition coefficient (Wildman–Crippen LogP) is 3.74. The van der Waals surface area contributed by atoms with Crippen molar-refractivity contribution in [2.75, 3.05) is 18.0 Å². The second kappa shape index (κ2) is 7.24. The van der Waals surface area contributed by atoms with E-state index in [1.807, 2.05) is 50.9 Å². The molecule has 4 aromatic heterocycles. The largest absolute Gasteiger partial charge is 0.341 e. The van der Waals surface area contributed by atoms with Crippen molar-refractivity contribution in [2.45, 2.75) is 32.7 Å². The van der Waals surface area contributed by atoms with Crippen LogP contribution >= 0.6 is 0 Å². The summed E-state index contributed by atoms with van der Waals surface area (Å²) in [6, 6.07) is 6.48. The molecular formula is C22H23N7. The van der Waals surface area contributed by atoms with E-state index in [0.717, 1.165) is 65.3 Å². The maximum absolute atomic E-state index is 4.71. The minimum Gasteiger partial charge on any atom is -0.341 e. The Hall–Kier alpha value is -3.35. The zero-order valence-electron chi connectivity index (χ0n) is 16.7. The maximum Gasteiger partial charge on any atom is 0.225 e. The molecule has 0 saturated carbocycles. The summed E-state index contributed by atoms with van der Waals surface area (Å²) >= 11 is 0. The molecule has 0 N–H and O–H groups in total. The highest BCUT2D eigenvalue weighted by Crippen LogP contribution is 2.29. The fraction of sp³-hybridized carbons (Fsp3) is 0.318. The van der Waals surface area contributed by atoms with Gasteiger partial charge in [0.15, 0.2) is 0 Å². The van der Waals surface area contributed by atoms with Crippen molar-refractivity contribution in [1.29, 1.82) is 0 Å². The third-order valence-corrected chi connectivity index (χ3v) is 5.63. The highest BCUT2D eigenvalue weighted by atomic mass is 15.3. The molecule has 146 valence electrons. The van der Waals surface area contributed by atoms with Crippen LogP contribution in [0.2, 0.25) is 0 Å². The van der Waals surface area contributed by atoms with E-state index in [0.29, 0.717) is 6.04 Å². The monoisotopic (exact) mass is 385 g/mol. The first-order chi connectivity index (χ1) is 14.2. The smallest absolute Gasteiger partial charge is 0.225 e. The Bertz CT molecular complexity index is 1140. The van der Waals surface area contributed by atoms with E-state index in [9.17, 15) is 0 Å². The van der Waals surface area contributed by atoms with Crippen LogP contribution in [0, 0.1) is 13.8 Å². The lowest BCUT2D eigenvalue weighted by Crippen LogP contribution is -2.36. The number of piperidine rings is 1. The van der Waals surface area contributed by atoms with Gasteiger partial charge in [0.2, 0.25) is 5.95 Å². The summed E-state index contributed by atoms with van der Waals surface area (Å²) in [6.45, 7) is 5.87. The molecule has 5 heterocycles. The summed E-state index contributed by atoms with van der Waals surface area (Å²) in [6.07, 6.45) is 11.5. The molecule has 29 heavy (non-hydrogen) atoms. The summed E-state index contributed by atoms with van der Waals surface area (Å²) in [4.78, 5) is 20.3. The number of fused-ring (bicyclic) bond motifs is 1. The molecule has 0 aromatic carbocycles. The Morgan fingerprint density at radius 1 is 0.931 bits per heavy atom. The summed E-state index contributed by atoms with van der Waals surface area (Å²) < 4.78 is 2.13. The summed E-state index contributed by atoms with van der Waals surface area (Å²) in [5.41, 5.74) is 5.15. The number of nitrogens with zero attached hydrogens (tertiary/aromatic N) is 7. The molecule has 0 amide bonds.